The molecule has 0 aromatic heterocycles. The van der Waals surface area contributed by atoms with Crippen molar-refractivity contribution >= 4 is 6.09 Å². The third kappa shape index (κ3) is 8.24. The minimum Gasteiger partial charge on any atom is -0.444 e. The van der Waals surface area contributed by atoms with Crippen molar-refractivity contribution in [1.82, 2.24) is 10.2 Å². The fourth-order valence-electron chi connectivity index (χ4n) is 0.907. The largest absolute Gasteiger partial charge is 0.444 e. The molecule has 1 amide bonds. The molecule has 4 nitrogen and oxygen atoms in total. The van der Waals surface area contributed by atoms with Crippen LogP contribution >= 0.6 is 0 Å². The lowest BCUT2D eigenvalue weighted by molar-refractivity contribution is 0.0522. The Morgan fingerprint density at radius 2 is 1.93 bits per heavy atom. The summed E-state index contributed by atoms with van der Waals surface area (Å²) >= 11 is 0. The third-order valence-corrected chi connectivity index (χ3v) is 2.01. The zero-order valence-corrected chi connectivity index (χ0v) is 10.8. The number of nitrogens with zero attached hydrogens (tertiary/aromatic N) is 1. The van der Waals surface area contributed by atoms with Crippen molar-refractivity contribution in [3.63, 3.8) is 0 Å². The van der Waals surface area contributed by atoms with Gasteiger partial charge >= 0.3 is 6.09 Å². The van der Waals surface area contributed by atoms with Crippen LogP contribution in [0.2, 0.25) is 0 Å². The number of ether oxygens (including phenoxy) is 1. The zero-order chi connectivity index (χ0) is 12.1. The van der Waals surface area contributed by atoms with E-state index in [0.717, 1.165) is 6.54 Å². The van der Waals surface area contributed by atoms with Crippen molar-refractivity contribution < 1.29 is 9.53 Å². The number of alkyl carbamates (subject to hydrolysis) is 1. The van der Waals surface area contributed by atoms with E-state index in [9.17, 15) is 4.79 Å². The van der Waals surface area contributed by atoms with E-state index in [1.165, 1.54) is 0 Å². The number of carbonyl (C=O) groups excluding carboxylic acids is 1. The fourth-order valence-corrected chi connectivity index (χ4v) is 0.907. The van der Waals surface area contributed by atoms with Gasteiger partial charge in [-0.25, -0.2) is 4.79 Å². The van der Waals surface area contributed by atoms with Gasteiger partial charge in [0.05, 0.1) is 0 Å². The summed E-state index contributed by atoms with van der Waals surface area (Å²) in [5.41, 5.74) is -0.423. The van der Waals surface area contributed by atoms with Gasteiger partial charge in [0.25, 0.3) is 0 Å². The van der Waals surface area contributed by atoms with Crippen molar-refractivity contribution in [2.75, 3.05) is 20.1 Å². The van der Waals surface area contributed by atoms with Crippen molar-refractivity contribution in [3.05, 3.63) is 0 Å². The second-order valence-corrected chi connectivity index (χ2v) is 5.00. The van der Waals surface area contributed by atoms with Gasteiger partial charge in [-0.15, -0.1) is 0 Å². The Morgan fingerprint density at radius 1 is 1.40 bits per heavy atom. The maximum absolute atomic E-state index is 11.3. The van der Waals surface area contributed by atoms with Crippen LogP contribution in [-0.2, 0) is 4.74 Å². The maximum atomic E-state index is 11.3. The smallest absolute Gasteiger partial charge is 0.407 e. The van der Waals surface area contributed by atoms with Crippen molar-refractivity contribution in [3.8, 4) is 0 Å². The van der Waals surface area contributed by atoms with Crippen LogP contribution in [0.4, 0.5) is 4.79 Å². The van der Waals surface area contributed by atoms with Gasteiger partial charge in [0.15, 0.2) is 0 Å². The van der Waals surface area contributed by atoms with E-state index in [0.29, 0.717) is 12.6 Å². The van der Waals surface area contributed by atoms with Crippen molar-refractivity contribution in [1.29, 1.82) is 0 Å². The van der Waals surface area contributed by atoms with Gasteiger partial charge in [-0.05, 0) is 41.7 Å². The number of nitrogens with one attached hydrogen (secondary N) is 1. The van der Waals surface area contributed by atoms with Gasteiger partial charge in [0, 0.05) is 19.1 Å². The summed E-state index contributed by atoms with van der Waals surface area (Å²) in [4.78, 5) is 13.4. The number of carbonyl (C=O) groups is 1. The van der Waals surface area contributed by atoms with Crippen LogP contribution in [0.3, 0.4) is 0 Å². The first-order valence-corrected chi connectivity index (χ1v) is 5.39. The molecule has 1 N–H and O–H groups in total. The highest BCUT2D eigenvalue weighted by molar-refractivity contribution is 5.67. The first-order valence-electron chi connectivity index (χ1n) is 5.39. The zero-order valence-electron chi connectivity index (χ0n) is 10.8. The second-order valence-electron chi connectivity index (χ2n) is 5.00. The third-order valence-electron chi connectivity index (χ3n) is 2.01. The normalized spacial score (nSPS) is 12.0. The summed E-state index contributed by atoms with van der Waals surface area (Å²) < 4.78 is 5.11. The molecule has 0 aliphatic carbocycles. The molecule has 0 rings (SSSR count). The number of amides is 1. The molecule has 0 spiro atoms. The summed E-state index contributed by atoms with van der Waals surface area (Å²) in [7, 11) is 2.03. The number of hydrogen-bond acceptors (Lipinski definition) is 3. The topological polar surface area (TPSA) is 41.6 Å². The van der Waals surface area contributed by atoms with Crippen LogP contribution in [0.1, 0.15) is 34.6 Å². The fraction of sp³-hybridized carbons (Fsp3) is 0.909. The predicted molar refractivity (Wildman–Crippen MR) is 62.0 cm³/mol. The van der Waals surface area contributed by atoms with Crippen LogP contribution < -0.4 is 5.32 Å². The van der Waals surface area contributed by atoms with E-state index in [1.54, 1.807) is 0 Å². The average Bonchev–Trinajstić information content (AvgIpc) is 2.00. The lowest BCUT2D eigenvalue weighted by Crippen LogP contribution is -2.38. The Hall–Kier alpha value is -0.770. The standard InChI is InChI=1S/C11H24N2O2/c1-9(2)13(6)8-7-12-10(14)15-11(3,4)5/h9H,7-8H2,1-6H3,(H,12,14). The van der Waals surface area contributed by atoms with Gasteiger partial charge in [-0.3, -0.25) is 0 Å². The summed E-state index contributed by atoms with van der Waals surface area (Å²) in [5.74, 6) is 0. The molecule has 15 heavy (non-hydrogen) atoms. The van der Waals surface area contributed by atoms with E-state index in [2.05, 4.69) is 24.1 Å². The van der Waals surface area contributed by atoms with Crippen LogP contribution in [-0.4, -0.2) is 42.8 Å². The Balaban J connectivity index is 3.65. The Morgan fingerprint density at radius 3 is 2.33 bits per heavy atom. The van der Waals surface area contributed by atoms with Crippen LogP contribution in [0, 0.1) is 0 Å². The van der Waals surface area contributed by atoms with Crippen molar-refractivity contribution in [2.45, 2.75) is 46.3 Å². The molecule has 0 radical (unpaired) electrons. The second kappa shape index (κ2) is 5.95. The maximum Gasteiger partial charge on any atom is 0.407 e. The van der Waals surface area contributed by atoms with Crippen LogP contribution in [0.25, 0.3) is 0 Å². The van der Waals surface area contributed by atoms with Crippen LogP contribution in [0.5, 0.6) is 0 Å². The monoisotopic (exact) mass is 216 g/mol. The first-order chi connectivity index (χ1) is 6.72. The van der Waals surface area contributed by atoms with E-state index < -0.39 is 5.60 Å². The molecule has 0 bridgehead atoms. The quantitative estimate of drug-likeness (QED) is 0.779. The summed E-state index contributed by atoms with van der Waals surface area (Å²) in [6.45, 7) is 11.2. The Labute approximate surface area is 93.0 Å². The van der Waals surface area contributed by atoms with Gasteiger partial charge in [-0.1, -0.05) is 0 Å². The summed E-state index contributed by atoms with van der Waals surface area (Å²) in [5, 5.41) is 2.72. The molecule has 0 aliphatic heterocycles. The van der Waals surface area contributed by atoms with Gasteiger partial charge in [0.2, 0.25) is 0 Å². The molecule has 90 valence electrons. The Kier molecular flexibility index (Phi) is 5.65. The van der Waals surface area contributed by atoms with Gasteiger partial charge in [-0.2, -0.15) is 0 Å². The summed E-state index contributed by atoms with van der Waals surface area (Å²) in [6.07, 6.45) is -0.348. The van der Waals surface area contributed by atoms with Gasteiger partial charge in [0.1, 0.15) is 5.60 Å². The van der Waals surface area contributed by atoms with Crippen molar-refractivity contribution in [2.24, 2.45) is 0 Å². The summed E-state index contributed by atoms with van der Waals surface area (Å²) in [6, 6.07) is 0.491. The SMILES string of the molecule is CC(C)N(C)CCNC(=O)OC(C)(C)C. The predicted octanol–water partition coefficient (Wildman–Crippen LogP) is 1.85. The average molecular weight is 216 g/mol. The molecular formula is C11H24N2O2. The molecular weight excluding hydrogens is 192 g/mol. The van der Waals surface area contributed by atoms with E-state index in [-0.39, 0.29) is 6.09 Å². The molecule has 0 unspecified atom stereocenters. The highest BCUT2D eigenvalue weighted by atomic mass is 16.6. The van der Waals surface area contributed by atoms with E-state index >= 15 is 0 Å². The first kappa shape index (κ1) is 14.2. The minimum absolute atomic E-state index is 0.348. The lowest BCUT2D eigenvalue weighted by Gasteiger charge is -2.22. The highest BCUT2D eigenvalue weighted by Crippen LogP contribution is 2.06. The molecule has 0 saturated carbocycles. The molecule has 0 fully saturated rings. The van der Waals surface area contributed by atoms with Gasteiger partial charge < -0.3 is 15.0 Å². The lowest BCUT2D eigenvalue weighted by atomic mass is 10.2. The number of rotatable bonds is 4. The number of hydrogen-bond donors (Lipinski definition) is 1. The Bertz CT molecular complexity index is 197. The molecule has 0 aliphatic rings. The van der Waals surface area contributed by atoms with E-state index in [4.69, 9.17) is 4.74 Å². The number of likely N-dealkylation sites (N-methyl/N-ethyl adjacent to an activating group) is 1. The minimum atomic E-state index is -0.423. The molecule has 0 saturated heterocycles. The van der Waals surface area contributed by atoms with E-state index in [1.807, 2.05) is 27.8 Å². The molecule has 0 aromatic carbocycles. The molecule has 0 atom stereocenters. The molecule has 4 heteroatoms. The highest BCUT2D eigenvalue weighted by Gasteiger charge is 2.15. The van der Waals surface area contributed by atoms with Crippen LogP contribution in [0.15, 0.2) is 0 Å². The molecule has 0 heterocycles. The molecule has 0 aromatic rings.